The summed E-state index contributed by atoms with van der Waals surface area (Å²) < 4.78 is 10.1. The molecule has 2 N–H and O–H groups in total. The quantitative estimate of drug-likeness (QED) is 0.614. The number of rotatable bonds is 5. The molecule has 0 spiro atoms. The predicted molar refractivity (Wildman–Crippen MR) is 98.2 cm³/mol. The van der Waals surface area contributed by atoms with E-state index in [1.54, 1.807) is 32.6 Å². The molecule has 2 aromatic rings. The Bertz CT molecular complexity index is 724. The minimum Gasteiger partial charge on any atom is -0.508 e. The Morgan fingerprint density at radius 2 is 2.12 bits per heavy atom. The molecule has 0 bridgehead atoms. The molecular formula is C18H25N5O3. The van der Waals surface area contributed by atoms with Gasteiger partial charge in [-0.3, -0.25) is 9.89 Å². The van der Waals surface area contributed by atoms with Crippen LogP contribution >= 0.6 is 0 Å². The first-order valence-corrected chi connectivity index (χ1v) is 8.62. The summed E-state index contributed by atoms with van der Waals surface area (Å²) in [6.07, 6.45) is 1.60. The maximum absolute atomic E-state index is 10.0. The summed E-state index contributed by atoms with van der Waals surface area (Å²) >= 11 is 0. The molecule has 8 heteroatoms. The largest absolute Gasteiger partial charge is 0.508 e. The molecule has 0 unspecified atom stereocenters. The fourth-order valence-electron chi connectivity index (χ4n) is 3.00. The Balaban J connectivity index is 1.52. The number of guanidine groups is 1. The van der Waals surface area contributed by atoms with Crippen LogP contribution in [0.1, 0.15) is 11.3 Å². The van der Waals surface area contributed by atoms with Gasteiger partial charge in [-0.15, -0.1) is 0 Å². The van der Waals surface area contributed by atoms with Crippen LogP contribution in [-0.2, 0) is 13.1 Å². The van der Waals surface area contributed by atoms with Crippen molar-refractivity contribution in [1.82, 2.24) is 20.3 Å². The summed E-state index contributed by atoms with van der Waals surface area (Å²) in [4.78, 5) is 8.93. The van der Waals surface area contributed by atoms with E-state index in [9.17, 15) is 5.11 Å². The van der Waals surface area contributed by atoms with Gasteiger partial charge in [0.15, 0.2) is 5.96 Å². The Hall–Kier alpha value is -2.74. The van der Waals surface area contributed by atoms with Crippen molar-refractivity contribution in [2.75, 3.05) is 40.3 Å². The molecule has 1 aliphatic rings. The van der Waals surface area contributed by atoms with E-state index in [1.807, 2.05) is 12.1 Å². The molecule has 8 nitrogen and oxygen atoms in total. The monoisotopic (exact) mass is 359 g/mol. The van der Waals surface area contributed by atoms with E-state index in [2.05, 4.69) is 25.3 Å². The highest BCUT2D eigenvalue weighted by atomic mass is 16.5. The highest BCUT2D eigenvalue weighted by Crippen LogP contribution is 2.22. The van der Waals surface area contributed by atoms with Crippen molar-refractivity contribution in [2.24, 2.45) is 4.99 Å². The average molecular weight is 359 g/mol. The van der Waals surface area contributed by atoms with Gasteiger partial charge in [0, 0.05) is 57.9 Å². The summed E-state index contributed by atoms with van der Waals surface area (Å²) in [5.41, 5.74) is 1.73. The number of aliphatic imine (C=N–C) groups is 1. The third-order valence-electron chi connectivity index (χ3n) is 4.48. The van der Waals surface area contributed by atoms with Crippen LogP contribution in [0.4, 0.5) is 0 Å². The number of phenols is 1. The third-order valence-corrected chi connectivity index (χ3v) is 4.48. The van der Waals surface area contributed by atoms with Gasteiger partial charge in [-0.25, -0.2) is 0 Å². The van der Waals surface area contributed by atoms with Gasteiger partial charge in [0.25, 0.3) is 0 Å². The van der Waals surface area contributed by atoms with Gasteiger partial charge in [0.05, 0.1) is 12.8 Å². The topological polar surface area (TPSA) is 86.4 Å². The molecule has 0 atom stereocenters. The Morgan fingerprint density at radius 1 is 1.31 bits per heavy atom. The molecular weight excluding hydrogens is 334 g/mol. The second-order valence-electron chi connectivity index (χ2n) is 6.15. The first-order chi connectivity index (χ1) is 12.7. The zero-order chi connectivity index (χ0) is 18.4. The average Bonchev–Trinajstić information content (AvgIpc) is 3.18. The summed E-state index contributed by atoms with van der Waals surface area (Å²) in [7, 11) is 3.39. The van der Waals surface area contributed by atoms with Gasteiger partial charge in [0.2, 0.25) is 0 Å². The van der Waals surface area contributed by atoms with Crippen molar-refractivity contribution in [2.45, 2.75) is 13.1 Å². The molecule has 1 aliphatic heterocycles. The summed E-state index contributed by atoms with van der Waals surface area (Å²) in [5, 5.41) is 17.3. The molecule has 0 aliphatic carbocycles. The fourth-order valence-corrected chi connectivity index (χ4v) is 3.00. The van der Waals surface area contributed by atoms with Crippen LogP contribution in [0.25, 0.3) is 0 Å². The standard InChI is InChI=1S/C18H25N5O3/c1-19-18(20-12-14-11-16(25-2)3-4-17(14)24)23-8-6-22(7-9-23)13-15-5-10-26-21-15/h3-5,10-11,24H,6-9,12-13H2,1-2H3,(H,19,20). The molecule has 0 radical (unpaired) electrons. The number of phenolic OH excluding ortho intramolecular Hbond substituents is 1. The van der Waals surface area contributed by atoms with Gasteiger partial charge in [-0.1, -0.05) is 5.16 Å². The van der Waals surface area contributed by atoms with Gasteiger partial charge in [-0.2, -0.15) is 0 Å². The van der Waals surface area contributed by atoms with Crippen LogP contribution in [0, 0.1) is 0 Å². The van der Waals surface area contributed by atoms with Gasteiger partial charge in [-0.05, 0) is 18.2 Å². The third kappa shape index (κ3) is 4.45. The Kier molecular flexibility index (Phi) is 5.96. The van der Waals surface area contributed by atoms with Crippen molar-refractivity contribution in [3.8, 4) is 11.5 Å². The van der Waals surface area contributed by atoms with Crippen molar-refractivity contribution in [3.05, 3.63) is 41.8 Å². The van der Waals surface area contributed by atoms with Crippen LogP contribution in [0.15, 0.2) is 40.0 Å². The van der Waals surface area contributed by atoms with E-state index in [0.29, 0.717) is 6.54 Å². The Morgan fingerprint density at radius 3 is 2.77 bits per heavy atom. The highest BCUT2D eigenvalue weighted by Gasteiger charge is 2.20. The lowest BCUT2D eigenvalue weighted by atomic mass is 10.2. The minimum absolute atomic E-state index is 0.242. The second-order valence-corrected chi connectivity index (χ2v) is 6.15. The summed E-state index contributed by atoms with van der Waals surface area (Å²) in [6, 6.07) is 7.10. The summed E-state index contributed by atoms with van der Waals surface area (Å²) in [6.45, 7) is 4.89. The number of aromatic hydroxyl groups is 1. The van der Waals surface area contributed by atoms with Crippen molar-refractivity contribution in [3.63, 3.8) is 0 Å². The molecule has 3 rings (SSSR count). The van der Waals surface area contributed by atoms with Gasteiger partial charge in [0.1, 0.15) is 17.8 Å². The summed E-state index contributed by atoms with van der Waals surface area (Å²) in [5.74, 6) is 1.79. The number of ether oxygens (including phenoxy) is 1. The van der Waals surface area contributed by atoms with Crippen LogP contribution in [0.3, 0.4) is 0 Å². The number of methoxy groups -OCH3 is 1. The van der Waals surface area contributed by atoms with E-state index in [1.165, 1.54) is 0 Å². The van der Waals surface area contributed by atoms with E-state index in [0.717, 1.165) is 55.7 Å². The maximum Gasteiger partial charge on any atom is 0.194 e. The van der Waals surface area contributed by atoms with E-state index < -0.39 is 0 Å². The smallest absolute Gasteiger partial charge is 0.194 e. The highest BCUT2D eigenvalue weighted by molar-refractivity contribution is 5.80. The van der Waals surface area contributed by atoms with Crippen molar-refractivity contribution in [1.29, 1.82) is 0 Å². The number of piperazine rings is 1. The second kappa shape index (κ2) is 8.57. The number of nitrogens with one attached hydrogen (secondary N) is 1. The van der Waals surface area contributed by atoms with Crippen LogP contribution in [0.2, 0.25) is 0 Å². The van der Waals surface area contributed by atoms with Crippen LogP contribution in [0.5, 0.6) is 11.5 Å². The molecule has 26 heavy (non-hydrogen) atoms. The van der Waals surface area contributed by atoms with Gasteiger partial charge >= 0.3 is 0 Å². The molecule has 0 saturated carbocycles. The zero-order valence-corrected chi connectivity index (χ0v) is 15.2. The number of benzene rings is 1. The molecule has 1 fully saturated rings. The van der Waals surface area contributed by atoms with E-state index in [4.69, 9.17) is 9.26 Å². The SMILES string of the molecule is CN=C(NCc1cc(OC)ccc1O)N1CCN(Cc2ccon2)CC1. The number of aromatic nitrogens is 1. The predicted octanol–water partition coefficient (Wildman–Crippen LogP) is 1.28. The fraction of sp³-hybridized carbons (Fsp3) is 0.444. The van der Waals surface area contributed by atoms with Crippen LogP contribution in [-0.4, -0.2) is 66.4 Å². The van der Waals surface area contributed by atoms with E-state index in [-0.39, 0.29) is 5.75 Å². The maximum atomic E-state index is 10.0. The van der Waals surface area contributed by atoms with Gasteiger partial charge < -0.3 is 24.6 Å². The lowest BCUT2D eigenvalue weighted by Gasteiger charge is -2.36. The first-order valence-electron chi connectivity index (χ1n) is 8.62. The molecule has 0 amide bonds. The van der Waals surface area contributed by atoms with Crippen LogP contribution < -0.4 is 10.1 Å². The van der Waals surface area contributed by atoms with Crippen molar-refractivity contribution >= 4 is 5.96 Å². The lowest BCUT2D eigenvalue weighted by Crippen LogP contribution is -2.52. The number of hydrogen-bond donors (Lipinski definition) is 2. The number of nitrogens with zero attached hydrogens (tertiary/aromatic N) is 4. The molecule has 1 aromatic carbocycles. The zero-order valence-electron chi connectivity index (χ0n) is 15.2. The molecule has 1 aromatic heterocycles. The van der Waals surface area contributed by atoms with E-state index >= 15 is 0 Å². The molecule has 140 valence electrons. The lowest BCUT2D eigenvalue weighted by molar-refractivity contribution is 0.169. The number of hydrogen-bond acceptors (Lipinski definition) is 6. The van der Waals surface area contributed by atoms with Crippen molar-refractivity contribution < 1.29 is 14.4 Å². The minimum atomic E-state index is 0.242. The Labute approximate surface area is 153 Å². The first kappa shape index (κ1) is 18.1. The normalized spacial score (nSPS) is 15.9. The molecule has 2 heterocycles. The molecule has 1 saturated heterocycles.